The van der Waals surface area contributed by atoms with Crippen LogP contribution in [-0.2, 0) is 18.3 Å². The van der Waals surface area contributed by atoms with Crippen LogP contribution >= 0.6 is 0 Å². The van der Waals surface area contributed by atoms with E-state index in [1.54, 1.807) is 0 Å². The molecule has 0 saturated heterocycles. The van der Waals surface area contributed by atoms with E-state index in [1.807, 2.05) is 12.2 Å². The number of aryl methyl sites for hydroxylation is 2. The quantitative estimate of drug-likeness (QED) is 0.0976. The minimum atomic E-state index is -0.407. The molecule has 0 aliphatic carbocycles. The summed E-state index contributed by atoms with van der Waals surface area (Å²) in [7, 11) is 0. The molecule has 0 unspecified atom stereocenters. The largest absolute Gasteiger partial charge is 0.103 e. The second-order valence-electron chi connectivity index (χ2n) is 12.2. The zero-order valence-electron chi connectivity index (χ0n) is 26.8. The maximum Gasteiger partial charge on any atom is 0.0423 e. The van der Waals surface area contributed by atoms with Gasteiger partial charge in [0.2, 0.25) is 0 Å². The molecule has 0 heterocycles. The van der Waals surface area contributed by atoms with Crippen LogP contribution in [0.25, 0.3) is 33.4 Å². The molecule has 46 heavy (non-hydrogen) atoms. The third kappa shape index (κ3) is 6.44. The molecular weight excluding hydrogens is 553 g/mol. The summed E-state index contributed by atoms with van der Waals surface area (Å²) in [5.74, 6) is 0. The van der Waals surface area contributed by atoms with E-state index in [0.717, 1.165) is 25.7 Å². The van der Waals surface area contributed by atoms with E-state index in [0.29, 0.717) is 0 Å². The van der Waals surface area contributed by atoms with Gasteiger partial charge in [-0.2, -0.15) is 0 Å². The van der Waals surface area contributed by atoms with Gasteiger partial charge >= 0.3 is 0 Å². The van der Waals surface area contributed by atoms with Gasteiger partial charge in [0.1, 0.15) is 0 Å². The standard InChI is InChI=1S/C46H42/c1-4-6-17-39-27-31-42(33-44(39)37-21-13-9-14-22-37)46(3,41-29-25-36(26-30-41)35-19-11-8-12-20-35)43-32-28-40(18-7-5-2)45(34-43)38-23-15-10-16-24-38/h4-5,8-16,19-34H,1-2,6-7,17-18H2,3H3. The highest BCUT2D eigenvalue weighted by Crippen LogP contribution is 2.43. The first kappa shape index (κ1) is 30.8. The number of hydrogen-bond donors (Lipinski definition) is 0. The van der Waals surface area contributed by atoms with Crippen LogP contribution in [0.15, 0.2) is 177 Å². The average molecular weight is 595 g/mol. The highest BCUT2D eigenvalue weighted by molar-refractivity contribution is 5.73. The molecule has 6 rings (SSSR count). The molecule has 0 heteroatoms. The van der Waals surface area contributed by atoms with Gasteiger partial charge in [0.05, 0.1) is 0 Å². The van der Waals surface area contributed by atoms with Crippen LogP contribution < -0.4 is 0 Å². The third-order valence-corrected chi connectivity index (χ3v) is 9.35. The van der Waals surface area contributed by atoms with Crippen molar-refractivity contribution in [3.8, 4) is 33.4 Å². The number of benzene rings is 6. The van der Waals surface area contributed by atoms with Crippen molar-refractivity contribution in [1.82, 2.24) is 0 Å². The Kier molecular flexibility index (Phi) is 9.56. The molecule has 0 aliphatic heterocycles. The summed E-state index contributed by atoms with van der Waals surface area (Å²) in [4.78, 5) is 0. The molecule has 0 aliphatic rings. The minimum absolute atomic E-state index is 0.407. The van der Waals surface area contributed by atoms with Crippen LogP contribution in [0, 0.1) is 0 Å². The molecule has 0 bridgehead atoms. The van der Waals surface area contributed by atoms with Crippen molar-refractivity contribution in [2.75, 3.05) is 0 Å². The zero-order chi connectivity index (χ0) is 31.8. The fourth-order valence-electron chi connectivity index (χ4n) is 6.63. The van der Waals surface area contributed by atoms with Gasteiger partial charge in [0.25, 0.3) is 0 Å². The Balaban J connectivity index is 1.57. The summed E-state index contributed by atoms with van der Waals surface area (Å²) in [6, 6.07) is 55.7. The monoisotopic (exact) mass is 594 g/mol. The van der Waals surface area contributed by atoms with Crippen molar-refractivity contribution >= 4 is 0 Å². The molecule has 0 radical (unpaired) electrons. The minimum Gasteiger partial charge on any atom is -0.103 e. The molecule has 0 fully saturated rings. The summed E-state index contributed by atoms with van der Waals surface area (Å²) in [6.45, 7) is 10.4. The Hall–Kier alpha value is -5.20. The van der Waals surface area contributed by atoms with Crippen LogP contribution in [0.1, 0.15) is 47.6 Å². The normalized spacial score (nSPS) is 11.2. The maximum atomic E-state index is 4.00. The van der Waals surface area contributed by atoms with Crippen LogP contribution in [0.3, 0.4) is 0 Å². The van der Waals surface area contributed by atoms with Crippen molar-refractivity contribution in [2.24, 2.45) is 0 Å². The summed E-state index contributed by atoms with van der Waals surface area (Å²) >= 11 is 0. The Morgan fingerprint density at radius 1 is 0.435 bits per heavy atom. The van der Waals surface area contributed by atoms with Crippen molar-refractivity contribution in [3.05, 3.63) is 205 Å². The van der Waals surface area contributed by atoms with Gasteiger partial charge in [-0.25, -0.2) is 0 Å². The predicted octanol–water partition coefficient (Wildman–Crippen LogP) is 12.3. The van der Waals surface area contributed by atoms with E-state index < -0.39 is 5.41 Å². The Labute approximate surface area is 275 Å². The maximum absolute atomic E-state index is 4.00. The van der Waals surface area contributed by atoms with Gasteiger partial charge in [-0.3, -0.25) is 0 Å². The topological polar surface area (TPSA) is 0 Å². The highest BCUT2D eigenvalue weighted by Gasteiger charge is 2.33. The zero-order valence-corrected chi connectivity index (χ0v) is 26.8. The van der Waals surface area contributed by atoms with E-state index in [4.69, 9.17) is 0 Å². The first-order valence-corrected chi connectivity index (χ1v) is 16.4. The molecule has 0 atom stereocenters. The van der Waals surface area contributed by atoms with Gasteiger partial charge in [0.15, 0.2) is 0 Å². The van der Waals surface area contributed by atoms with Crippen LogP contribution in [0.2, 0.25) is 0 Å². The van der Waals surface area contributed by atoms with Gasteiger partial charge in [0, 0.05) is 5.41 Å². The summed E-state index contributed by atoms with van der Waals surface area (Å²) in [5, 5.41) is 0. The molecule has 0 saturated carbocycles. The van der Waals surface area contributed by atoms with Gasteiger partial charge in [-0.15, -0.1) is 13.2 Å². The summed E-state index contributed by atoms with van der Waals surface area (Å²) in [5.41, 5.74) is 13.6. The molecule has 6 aromatic rings. The van der Waals surface area contributed by atoms with Gasteiger partial charge in [-0.05, 0) is 106 Å². The van der Waals surface area contributed by atoms with Crippen LogP contribution in [-0.4, -0.2) is 0 Å². The third-order valence-electron chi connectivity index (χ3n) is 9.35. The lowest BCUT2D eigenvalue weighted by Crippen LogP contribution is -2.26. The fraction of sp³-hybridized carbons (Fsp3) is 0.130. The molecule has 0 spiro atoms. The SMILES string of the molecule is C=CCCc1ccc(C(C)(c2ccc(-c3ccccc3)cc2)c2ccc(CCC=C)c(-c3ccccc3)c2)cc1-c1ccccc1. The van der Waals surface area contributed by atoms with Crippen molar-refractivity contribution in [2.45, 2.75) is 38.0 Å². The van der Waals surface area contributed by atoms with Crippen molar-refractivity contribution in [1.29, 1.82) is 0 Å². The van der Waals surface area contributed by atoms with Crippen molar-refractivity contribution in [3.63, 3.8) is 0 Å². The molecule has 6 aromatic carbocycles. The van der Waals surface area contributed by atoms with E-state index in [-0.39, 0.29) is 0 Å². The highest BCUT2D eigenvalue weighted by atomic mass is 14.4. The van der Waals surface area contributed by atoms with Crippen molar-refractivity contribution < 1.29 is 0 Å². The van der Waals surface area contributed by atoms with Crippen LogP contribution in [0.4, 0.5) is 0 Å². The second kappa shape index (κ2) is 14.3. The predicted molar refractivity (Wildman–Crippen MR) is 198 cm³/mol. The van der Waals surface area contributed by atoms with Gasteiger partial charge in [-0.1, -0.05) is 152 Å². The average Bonchev–Trinajstić information content (AvgIpc) is 3.14. The number of allylic oxidation sites excluding steroid dienone is 2. The Morgan fingerprint density at radius 2 is 0.804 bits per heavy atom. The lowest BCUT2D eigenvalue weighted by Gasteiger charge is -2.34. The molecule has 0 N–H and O–H groups in total. The van der Waals surface area contributed by atoms with Crippen LogP contribution in [0.5, 0.6) is 0 Å². The lowest BCUT2D eigenvalue weighted by atomic mass is 9.69. The van der Waals surface area contributed by atoms with E-state index in [1.165, 1.54) is 61.2 Å². The molecule has 0 aromatic heterocycles. The summed E-state index contributed by atoms with van der Waals surface area (Å²) in [6.07, 6.45) is 7.85. The fourth-order valence-corrected chi connectivity index (χ4v) is 6.63. The smallest absolute Gasteiger partial charge is 0.0423 e. The van der Waals surface area contributed by atoms with Gasteiger partial charge < -0.3 is 0 Å². The van der Waals surface area contributed by atoms with E-state index in [2.05, 4.69) is 172 Å². The first-order valence-electron chi connectivity index (χ1n) is 16.4. The Morgan fingerprint density at radius 3 is 1.22 bits per heavy atom. The molecular formula is C46H42. The first-order chi connectivity index (χ1) is 22.6. The van der Waals surface area contributed by atoms with E-state index in [9.17, 15) is 0 Å². The number of hydrogen-bond acceptors (Lipinski definition) is 0. The second-order valence-corrected chi connectivity index (χ2v) is 12.2. The van der Waals surface area contributed by atoms with E-state index >= 15 is 0 Å². The lowest BCUT2D eigenvalue weighted by molar-refractivity contribution is 0.692. The summed E-state index contributed by atoms with van der Waals surface area (Å²) < 4.78 is 0. The number of rotatable bonds is 12. The molecule has 0 nitrogen and oxygen atoms in total. The Bertz CT molecular complexity index is 1800. The molecule has 226 valence electrons. The molecule has 0 amide bonds.